The summed E-state index contributed by atoms with van der Waals surface area (Å²) in [4.78, 5) is 10.7. The van der Waals surface area contributed by atoms with Crippen molar-refractivity contribution in [3.63, 3.8) is 0 Å². The van der Waals surface area contributed by atoms with E-state index in [4.69, 9.17) is 9.47 Å². The lowest BCUT2D eigenvalue weighted by molar-refractivity contribution is -0.386. The van der Waals surface area contributed by atoms with Gasteiger partial charge in [0.2, 0.25) is 5.82 Å². The van der Waals surface area contributed by atoms with E-state index in [9.17, 15) is 14.5 Å². The molecule has 0 amide bonds. The Kier molecular flexibility index (Phi) is 7.39. The van der Waals surface area contributed by atoms with Crippen LogP contribution >= 0.6 is 15.9 Å². The van der Waals surface area contributed by atoms with Gasteiger partial charge in [-0.1, -0.05) is 60.7 Å². The van der Waals surface area contributed by atoms with E-state index >= 15 is 0 Å². The molecule has 4 aromatic carbocycles. The molecule has 4 rings (SSSR count). The lowest BCUT2D eigenvalue weighted by Gasteiger charge is -2.16. The monoisotopic (exact) mass is 522 g/mol. The fraction of sp³-hybridized carbons (Fsp3) is 0.0769. The minimum atomic E-state index is -0.954. The van der Waals surface area contributed by atoms with Crippen LogP contribution in [0.3, 0.4) is 0 Å². The van der Waals surface area contributed by atoms with Gasteiger partial charge in [-0.15, -0.1) is 0 Å². The number of nitro groups is 1. The number of benzene rings is 4. The molecule has 0 saturated carbocycles. The van der Waals surface area contributed by atoms with Crippen molar-refractivity contribution in [2.75, 3.05) is 5.32 Å². The van der Waals surface area contributed by atoms with E-state index in [0.717, 1.165) is 11.1 Å². The van der Waals surface area contributed by atoms with Crippen LogP contribution in [0.4, 0.5) is 21.5 Å². The van der Waals surface area contributed by atoms with Gasteiger partial charge in [-0.3, -0.25) is 10.1 Å². The van der Waals surface area contributed by atoms with Gasteiger partial charge in [0.1, 0.15) is 30.4 Å². The first-order chi connectivity index (χ1) is 16.5. The van der Waals surface area contributed by atoms with Crippen molar-refractivity contribution >= 4 is 33.0 Å². The van der Waals surface area contributed by atoms with Gasteiger partial charge in [-0.05, 0) is 51.3 Å². The number of anilines is 2. The summed E-state index contributed by atoms with van der Waals surface area (Å²) in [7, 11) is 0. The van der Waals surface area contributed by atoms with E-state index in [1.807, 2.05) is 60.7 Å². The van der Waals surface area contributed by atoms with Gasteiger partial charge in [-0.25, -0.2) is 0 Å². The van der Waals surface area contributed by atoms with Crippen molar-refractivity contribution in [1.82, 2.24) is 0 Å². The molecule has 0 bridgehead atoms. The summed E-state index contributed by atoms with van der Waals surface area (Å²) in [5, 5.41) is 14.5. The zero-order valence-electron chi connectivity index (χ0n) is 17.9. The van der Waals surface area contributed by atoms with E-state index in [1.165, 1.54) is 12.1 Å². The Bertz CT molecular complexity index is 1290. The highest BCUT2D eigenvalue weighted by Crippen LogP contribution is 2.38. The van der Waals surface area contributed by atoms with Crippen LogP contribution in [0.15, 0.2) is 95.5 Å². The van der Waals surface area contributed by atoms with Gasteiger partial charge in [0.05, 0.1) is 15.1 Å². The van der Waals surface area contributed by atoms with Crippen molar-refractivity contribution in [2.45, 2.75) is 13.2 Å². The van der Waals surface area contributed by atoms with E-state index < -0.39 is 16.4 Å². The van der Waals surface area contributed by atoms with Gasteiger partial charge in [0, 0.05) is 6.07 Å². The van der Waals surface area contributed by atoms with Crippen molar-refractivity contribution in [3.05, 3.63) is 123 Å². The third-order valence-corrected chi connectivity index (χ3v) is 5.57. The second-order valence-electron chi connectivity index (χ2n) is 7.35. The van der Waals surface area contributed by atoms with Crippen LogP contribution in [-0.4, -0.2) is 4.92 Å². The topological polar surface area (TPSA) is 73.6 Å². The quantitative estimate of drug-likeness (QED) is 0.183. The lowest BCUT2D eigenvalue weighted by atomic mass is 10.2. The zero-order chi connectivity index (χ0) is 23.9. The highest BCUT2D eigenvalue weighted by molar-refractivity contribution is 9.10. The summed E-state index contributed by atoms with van der Waals surface area (Å²) in [5.41, 5.74) is 1.75. The maximum atomic E-state index is 14.4. The number of nitrogens with zero attached hydrogens (tertiary/aromatic N) is 1. The molecule has 0 aromatic heterocycles. The molecule has 0 spiro atoms. The van der Waals surface area contributed by atoms with E-state index in [2.05, 4.69) is 21.2 Å². The summed E-state index contributed by atoms with van der Waals surface area (Å²) >= 11 is 3.00. The SMILES string of the molecule is O=[N+]([O-])c1c(Nc2ccc(OCc3ccccc3)cc2OCc2ccccc2)ccc(Br)c1F. The van der Waals surface area contributed by atoms with Crippen molar-refractivity contribution in [1.29, 1.82) is 0 Å². The largest absolute Gasteiger partial charge is 0.489 e. The Morgan fingerprint density at radius 1 is 0.824 bits per heavy atom. The molecule has 0 atom stereocenters. The smallest absolute Gasteiger partial charge is 0.329 e. The first-order valence-corrected chi connectivity index (χ1v) is 11.2. The number of ether oxygens (including phenoxy) is 2. The number of nitrogens with one attached hydrogen (secondary N) is 1. The van der Waals surface area contributed by atoms with Crippen LogP contribution in [0, 0.1) is 15.9 Å². The molecule has 0 aliphatic heterocycles. The molecular weight excluding hydrogens is 503 g/mol. The Labute approximate surface area is 204 Å². The minimum Gasteiger partial charge on any atom is -0.489 e. The second kappa shape index (κ2) is 10.8. The third kappa shape index (κ3) is 5.71. The first kappa shape index (κ1) is 23.3. The highest BCUT2D eigenvalue weighted by Gasteiger charge is 2.24. The zero-order valence-corrected chi connectivity index (χ0v) is 19.5. The molecule has 1 N–H and O–H groups in total. The molecular formula is C26H20BrFN2O4. The molecule has 0 saturated heterocycles. The van der Waals surface area contributed by atoms with E-state index in [1.54, 1.807) is 18.2 Å². The molecule has 172 valence electrons. The van der Waals surface area contributed by atoms with Gasteiger partial charge in [0.15, 0.2) is 0 Å². The molecule has 0 fully saturated rings. The summed E-state index contributed by atoms with van der Waals surface area (Å²) in [6.45, 7) is 0.642. The number of halogens is 2. The van der Waals surface area contributed by atoms with Crippen LogP contribution in [0.25, 0.3) is 0 Å². The average molecular weight is 523 g/mol. The Morgan fingerprint density at radius 2 is 1.41 bits per heavy atom. The van der Waals surface area contributed by atoms with E-state index in [-0.39, 0.29) is 16.8 Å². The predicted octanol–water partition coefficient (Wildman–Crippen LogP) is 7.40. The predicted molar refractivity (Wildman–Crippen MR) is 132 cm³/mol. The molecule has 34 heavy (non-hydrogen) atoms. The molecule has 0 aliphatic carbocycles. The number of nitro benzene ring substituents is 1. The molecule has 0 radical (unpaired) electrons. The van der Waals surface area contributed by atoms with Crippen molar-refractivity contribution in [2.24, 2.45) is 0 Å². The summed E-state index contributed by atoms with van der Waals surface area (Å²) in [5.74, 6) is 0.0190. The lowest BCUT2D eigenvalue weighted by Crippen LogP contribution is -2.03. The second-order valence-corrected chi connectivity index (χ2v) is 8.20. The fourth-order valence-electron chi connectivity index (χ4n) is 3.26. The molecule has 0 unspecified atom stereocenters. The normalized spacial score (nSPS) is 10.5. The molecule has 4 aromatic rings. The summed E-state index contributed by atoms with van der Waals surface area (Å²) in [6, 6.07) is 27.3. The third-order valence-electron chi connectivity index (χ3n) is 4.96. The van der Waals surface area contributed by atoms with E-state index in [0.29, 0.717) is 23.8 Å². The number of rotatable bonds is 9. The maximum absolute atomic E-state index is 14.4. The van der Waals surface area contributed by atoms with Crippen molar-refractivity contribution < 1.29 is 18.8 Å². The molecule has 0 aliphatic rings. The van der Waals surface area contributed by atoms with Crippen molar-refractivity contribution in [3.8, 4) is 11.5 Å². The fourth-order valence-corrected chi connectivity index (χ4v) is 3.58. The summed E-state index contributed by atoms with van der Waals surface area (Å²) in [6.07, 6.45) is 0. The van der Waals surface area contributed by atoms with Crippen LogP contribution in [0.2, 0.25) is 0 Å². The molecule has 0 heterocycles. The number of hydrogen-bond donors (Lipinski definition) is 1. The van der Waals surface area contributed by atoms with Gasteiger partial charge in [-0.2, -0.15) is 4.39 Å². The maximum Gasteiger partial charge on any atom is 0.329 e. The molecule has 8 heteroatoms. The summed E-state index contributed by atoms with van der Waals surface area (Å²) < 4.78 is 26.4. The molecule has 6 nitrogen and oxygen atoms in total. The number of hydrogen-bond acceptors (Lipinski definition) is 5. The minimum absolute atomic E-state index is 0.00761. The van der Waals surface area contributed by atoms with Crippen LogP contribution < -0.4 is 14.8 Å². The van der Waals surface area contributed by atoms with Gasteiger partial charge in [0.25, 0.3) is 0 Å². The van der Waals surface area contributed by atoms with Gasteiger partial charge < -0.3 is 14.8 Å². The highest BCUT2D eigenvalue weighted by atomic mass is 79.9. The first-order valence-electron chi connectivity index (χ1n) is 10.4. The average Bonchev–Trinajstić information content (AvgIpc) is 2.86. The van der Waals surface area contributed by atoms with Crippen LogP contribution in [0.1, 0.15) is 11.1 Å². The van der Waals surface area contributed by atoms with Gasteiger partial charge >= 0.3 is 5.69 Å². The standard InChI is InChI=1S/C26H20BrFN2O4/c27-21-12-14-23(26(25(21)28)30(31)32)29-22-13-11-20(33-16-18-7-3-1-4-8-18)15-24(22)34-17-19-9-5-2-6-10-19/h1-15,29H,16-17H2. The van der Waals surface area contributed by atoms with Crippen LogP contribution in [-0.2, 0) is 13.2 Å². The van der Waals surface area contributed by atoms with Crippen LogP contribution in [0.5, 0.6) is 11.5 Å². The Balaban J connectivity index is 1.62. The Hall–Kier alpha value is -3.91. The Morgan fingerprint density at radius 3 is 2.03 bits per heavy atom.